The first kappa shape index (κ1) is 13.1. The Hall–Kier alpha value is -1.85. The second-order valence-corrected chi connectivity index (χ2v) is 5.00. The Morgan fingerprint density at radius 1 is 1.25 bits per heavy atom. The molecule has 1 atom stereocenters. The maximum atomic E-state index is 6.23. The highest BCUT2D eigenvalue weighted by molar-refractivity contribution is 6.31. The molecule has 0 aliphatic carbocycles. The SMILES string of the molecule is Nc1nccnc1N1CCOC(c2ccccc2Cl)C1. The van der Waals surface area contributed by atoms with Gasteiger partial charge in [-0.2, -0.15) is 0 Å². The monoisotopic (exact) mass is 290 g/mol. The third kappa shape index (κ3) is 2.55. The van der Waals surface area contributed by atoms with Gasteiger partial charge in [0.15, 0.2) is 11.6 Å². The van der Waals surface area contributed by atoms with Crippen molar-refractivity contribution < 1.29 is 4.74 Å². The van der Waals surface area contributed by atoms with Crippen molar-refractivity contribution in [3.8, 4) is 0 Å². The summed E-state index contributed by atoms with van der Waals surface area (Å²) in [4.78, 5) is 10.5. The van der Waals surface area contributed by atoms with Crippen molar-refractivity contribution >= 4 is 23.2 Å². The van der Waals surface area contributed by atoms with Gasteiger partial charge in [-0.05, 0) is 6.07 Å². The first-order valence-corrected chi connectivity index (χ1v) is 6.81. The second kappa shape index (κ2) is 5.64. The molecule has 1 saturated heterocycles. The van der Waals surface area contributed by atoms with Gasteiger partial charge >= 0.3 is 0 Å². The number of anilines is 2. The number of hydrogen-bond acceptors (Lipinski definition) is 5. The summed E-state index contributed by atoms with van der Waals surface area (Å²) in [5.74, 6) is 1.14. The number of rotatable bonds is 2. The molecular weight excluding hydrogens is 276 g/mol. The number of aromatic nitrogens is 2. The molecule has 1 aromatic carbocycles. The molecule has 2 N–H and O–H groups in total. The highest BCUT2D eigenvalue weighted by Gasteiger charge is 2.25. The van der Waals surface area contributed by atoms with Crippen molar-refractivity contribution in [1.82, 2.24) is 9.97 Å². The van der Waals surface area contributed by atoms with Crippen LogP contribution in [0.1, 0.15) is 11.7 Å². The topological polar surface area (TPSA) is 64.3 Å². The standard InChI is InChI=1S/C14H15ClN4O/c15-11-4-2-1-3-10(11)12-9-19(7-8-20-12)14-13(16)17-5-6-18-14/h1-6,12H,7-9H2,(H2,16,17). The van der Waals surface area contributed by atoms with E-state index in [1.54, 1.807) is 12.4 Å². The number of halogens is 1. The van der Waals surface area contributed by atoms with E-state index in [0.717, 1.165) is 12.1 Å². The predicted molar refractivity (Wildman–Crippen MR) is 78.8 cm³/mol. The lowest BCUT2D eigenvalue weighted by Crippen LogP contribution is -2.39. The number of hydrogen-bond donors (Lipinski definition) is 1. The number of benzene rings is 1. The lowest BCUT2D eigenvalue weighted by Gasteiger charge is -2.34. The summed E-state index contributed by atoms with van der Waals surface area (Å²) >= 11 is 6.23. The summed E-state index contributed by atoms with van der Waals surface area (Å²) < 4.78 is 5.82. The van der Waals surface area contributed by atoms with E-state index >= 15 is 0 Å². The van der Waals surface area contributed by atoms with Crippen molar-refractivity contribution in [2.75, 3.05) is 30.3 Å². The third-order valence-corrected chi connectivity index (χ3v) is 3.67. The predicted octanol–water partition coefficient (Wildman–Crippen LogP) is 2.29. The summed E-state index contributed by atoms with van der Waals surface area (Å²) in [6.07, 6.45) is 3.15. The molecule has 0 radical (unpaired) electrons. The molecule has 2 heterocycles. The highest BCUT2D eigenvalue weighted by atomic mass is 35.5. The van der Waals surface area contributed by atoms with E-state index in [0.29, 0.717) is 29.8 Å². The zero-order valence-electron chi connectivity index (χ0n) is 10.9. The van der Waals surface area contributed by atoms with Gasteiger partial charge in [0, 0.05) is 29.5 Å². The van der Waals surface area contributed by atoms with Crippen molar-refractivity contribution in [2.24, 2.45) is 0 Å². The molecule has 1 aromatic heterocycles. The largest absolute Gasteiger partial charge is 0.381 e. The van der Waals surface area contributed by atoms with Crippen LogP contribution in [-0.4, -0.2) is 29.7 Å². The van der Waals surface area contributed by atoms with Gasteiger partial charge in [-0.15, -0.1) is 0 Å². The molecule has 0 amide bonds. The molecule has 0 saturated carbocycles. The van der Waals surface area contributed by atoms with Gasteiger partial charge in [0.05, 0.1) is 13.2 Å². The van der Waals surface area contributed by atoms with E-state index in [-0.39, 0.29) is 6.10 Å². The molecule has 20 heavy (non-hydrogen) atoms. The van der Waals surface area contributed by atoms with E-state index in [1.165, 1.54) is 0 Å². The summed E-state index contributed by atoms with van der Waals surface area (Å²) in [5.41, 5.74) is 6.87. The highest BCUT2D eigenvalue weighted by Crippen LogP contribution is 2.30. The fourth-order valence-electron chi connectivity index (χ4n) is 2.35. The van der Waals surface area contributed by atoms with Crippen molar-refractivity contribution in [2.45, 2.75) is 6.10 Å². The van der Waals surface area contributed by atoms with Gasteiger partial charge in [-0.25, -0.2) is 9.97 Å². The minimum atomic E-state index is -0.0844. The minimum Gasteiger partial charge on any atom is -0.381 e. The summed E-state index contributed by atoms with van der Waals surface area (Å²) in [5, 5.41) is 0.714. The van der Waals surface area contributed by atoms with E-state index < -0.39 is 0 Å². The molecule has 2 aromatic rings. The zero-order valence-corrected chi connectivity index (χ0v) is 11.6. The first-order chi connectivity index (χ1) is 9.75. The van der Waals surface area contributed by atoms with Crippen molar-refractivity contribution in [3.05, 3.63) is 47.2 Å². The number of nitrogen functional groups attached to an aromatic ring is 1. The molecule has 0 spiro atoms. The van der Waals surface area contributed by atoms with Crippen LogP contribution < -0.4 is 10.6 Å². The summed E-state index contributed by atoms with van der Waals surface area (Å²) in [7, 11) is 0. The third-order valence-electron chi connectivity index (χ3n) is 3.32. The van der Waals surface area contributed by atoms with Gasteiger partial charge in [-0.1, -0.05) is 29.8 Å². The molecule has 1 fully saturated rings. The summed E-state index contributed by atoms with van der Waals surface area (Å²) in [6, 6.07) is 7.72. The van der Waals surface area contributed by atoms with E-state index in [1.807, 2.05) is 24.3 Å². The summed E-state index contributed by atoms with van der Waals surface area (Å²) in [6.45, 7) is 2.00. The lowest BCUT2D eigenvalue weighted by molar-refractivity contribution is 0.0396. The van der Waals surface area contributed by atoms with Gasteiger partial charge in [0.1, 0.15) is 6.10 Å². The Balaban J connectivity index is 1.84. The van der Waals surface area contributed by atoms with Crippen LogP contribution >= 0.6 is 11.6 Å². The van der Waals surface area contributed by atoms with Crippen LogP contribution in [0.4, 0.5) is 11.6 Å². The molecule has 6 heteroatoms. The number of morpholine rings is 1. The number of nitrogens with two attached hydrogens (primary N) is 1. The van der Waals surface area contributed by atoms with Crippen LogP contribution in [0.2, 0.25) is 5.02 Å². The van der Waals surface area contributed by atoms with Gasteiger partial charge in [0.2, 0.25) is 0 Å². The van der Waals surface area contributed by atoms with Crippen LogP contribution in [0.25, 0.3) is 0 Å². The van der Waals surface area contributed by atoms with Gasteiger partial charge in [-0.3, -0.25) is 0 Å². The smallest absolute Gasteiger partial charge is 0.171 e. The lowest BCUT2D eigenvalue weighted by atomic mass is 10.1. The van der Waals surface area contributed by atoms with Crippen LogP contribution in [0.15, 0.2) is 36.7 Å². The normalized spacial score (nSPS) is 19.1. The number of ether oxygens (including phenoxy) is 1. The first-order valence-electron chi connectivity index (χ1n) is 6.43. The minimum absolute atomic E-state index is 0.0844. The van der Waals surface area contributed by atoms with Crippen LogP contribution in [0, 0.1) is 0 Å². The Morgan fingerprint density at radius 3 is 2.85 bits per heavy atom. The molecule has 1 aliphatic heterocycles. The maximum Gasteiger partial charge on any atom is 0.171 e. The molecule has 1 unspecified atom stereocenters. The van der Waals surface area contributed by atoms with Crippen molar-refractivity contribution in [1.29, 1.82) is 0 Å². The molecule has 5 nitrogen and oxygen atoms in total. The van der Waals surface area contributed by atoms with Crippen molar-refractivity contribution in [3.63, 3.8) is 0 Å². The average Bonchev–Trinajstić information content (AvgIpc) is 2.48. The van der Waals surface area contributed by atoms with E-state index in [2.05, 4.69) is 14.9 Å². The van der Waals surface area contributed by atoms with E-state index in [4.69, 9.17) is 22.1 Å². The quantitative estimate of drug-likeness (QED) is 0.919. The Bertz CT molecular complexity index is 556. The molecule has 0 bridgehead atoms. The number of nitrogens with zero attached hydrogens (tertiary/aromatic N) is 3. The fraction of sp³-hybridized carbons (Fsp3) is 0.286. The second-order valence-electron chi connectivity index (χ2n) is 4.59. The van der Waals surface area contributed by atoms with E-state index in [9.17, 15) is 0 Å². The van der Waals surface area contributed by atoms with Crippen LogP contribution in [0.5, 0.6) is 0 Å². The Morgan fingerprint density at radius 2 is 2.05 bits per heavy atom. The molecule has 1 aliphatic rings. The Kier molecular flexibility index (Phi) is 3.71. The van der Waals surface area contributed by atoms with Gasteiger partial charge in [0.25, 0.3) is 0 Å². The zero-order chi connectivity index (χ0) is 13.9. The fourth-order valence-corrected chi connectivity index (χ4v) is 2.61. The molecule has 104 valence electrons. The maximum absolute atomic E-state index is 6.23. The molecular formula is C14H15ClN4O. The average molecular weight is 291 g/mol. The Labute approximate surface area is 122 Å². The van der Waals surface area contributed by atoms with Crippen LogP contribution in [0.3, 0.4) is 0 Å². The van der Waals surface area contributed by atoms with Crippen LogP contribution in [-0.2, 0) is 4.74 Å². The van der Waals surface area contributed by atoms with Gasteiger partial charge < -0.3 is 15.4 Å². The molecule has 3 rings (SSSR count).